The second-order valence-corrected chi connectivity index (χ2v) is 6.25. The Morgan fingerprint density at radius 3 is 2.59 bits per heavy atom. The molecule has 0 aromatic rings. The molecule has 3 nitrogen and oxygen atoms in total. The zero-order valence-electron chi connectivity index (χ0n) is 11.6. The minimum absolute atomic E-state index is 0.0446. The Morgan fingerprint density at radius 1 is 1.24 bits per heavy atom. The van der Waals surface area contributed by atoms with Gasteiger partial charge in [-0.2, -0.15) is 0 Å². The van der Waals surface area contributed by atoms with Crippen molar-refractivity contribution in [2.45, 2.75) is 58.1 Å². The van der Waals surface area contributed by atoms with Crippen molar-refractivity contribution in [2.24, 2.45) is 5.41 Å². The largest absolute Gasteiger partial charge is 0.381 e. The SMILES string of the molecule is CCC(C)(C)CC1NCCOC12CCOCC2. The molecule has 2 fully saturated rings. The summed E-state index contributed by atoms with van der Waals surface area (Å²) in [7, 11) is 0. The predicted molar refractivity (Wildman–Crippen MR) is 69.2 cm³/mol. The molecular weight excluding hydrogens is 214 g/mol. The van der Waals surface area contributed by atoms with Crippen LogP contribution in [0.25, 0.3) is 0 Å². The van der Waals surface area contributed by atoms with E-state index in [4.69, 9.17) is 9.47 Å². The van der Waals surface area contributed by atoms with Crippen molar-refractivity contribution < 1.29 is 9.47 Å². The van der Waals surface area contributed by atoms with Gasteiger partial charge >= 0.3 is 0 Å². The third kappa shape index (κ3) is 3.01. The van der Waals surface area contributed by atoms with Crippen LogP contribution in [0.2, 0.25) is 0 Å². The van der Waals surface area contributed by atoms with Crippen molar-refractivity contribution in [1.82, 2.24) is 5.32 Å². The number of hydrogen-bond donors (Lipinski definition) is 1. The van der Waals surface area contributed by atoms with Crippen molar-refractivity contribution in [3.8, 4) is 0 Å². The molecule has 1 N–H and O–H groups in total. The molecule has 2 aliphatic heterocycles. The molecule has 0 amide bonds. The number of nitrogens with one attached hydrogen (secondary N) is 1. The standard InChI is InChI=1S/C14H27NO2/c1-4-13(2,3)11-12-14(17-10-7-15-12)5-8-16-9-6-14/h12,15H,4-11H2,1-3H3. The van der Waals surface area contributed by atoms with Crippen LogP contribution in [-0.4, -0.2) is 38.0 Å². The summed E-state index contributed by atoms with van der Waals surface area (Å²) in [4.78, 5) is 0. The van der Waals surface area contributed by atoms with E-state index in [0.29, 0.717) is 11.5 Å². The molecule has 2 saturated heterocycles. The Labute approximate surface area is 105 Å². The van der Waals surface area contributed by atoms with E-state index in [0.717, 1.165) is 39.2 Å². The molecule has 0 aromatic carbocycles. The lowest BCUT2D eigenvalue weighted by molar-refractivity contribution is -0.153. The monoisotopic (exact) mass is 241 g/mol. The van der Waals surface area contributed by atoms with E-state index in [1.807, 2.05) is 0 Å². The molecule has 2 aliphatic rings. The van der Waals surface area contributed by atoms with Gasteiger partial charge in [0.15, 0.2) is 0 Å². The van der Waals surface area contributed by atoms with Crippen molar-refractivity contribution >= 4 is 0 Å². The average Bonchev–Trinajstić information content (AvgIpc) is 2.33. The average molecular weight is 241 g/mol. The maximum absolute atomic E-state index is 6.17. The number of morpholine rings is 1. The Bertz CT molecular complexity index is 238. The molecule has 1 spiro atoms. The lowest BCUT2D eigenvalue weighted by atomic mass is 9.74. The first-order valence-electron chi connectivity index (χ1n) is 7.03. The van der Waals surface area contributed by atoms with Crippen LogP contribution in [0.5, 0.6) is 0 Å². The molecule has 3 heteroatoms. The van der Waals surface area contributed by atoms with E-state index in [2.05, 4.69) is 26.1 Å². The smallest absolute Gasteiger partial charge is 0.0879 e. The second-order valence-electron chi connectivity index (χ2n) is 6.25. The third-order valence-corrected chi connectivity index (χ3v) is 4.57. The Kier molecular flexibility index (Phi) is 4.11. The zero-order chi connectivity index (χ0) is 12.4. The first-order chi connectivity index (χ1) is 8.08. The fourth-order valence-corrected chi connectivity index (χ4v) is 2.94. The Balaban J connectivity index is 2.06. The van der Waals surface area contributed by atoms with Gasteiger partial charge in [-0.05, 0) is 11.8 Å². The number of ether oxygens (including phenoxy) is 2. The molecule has 0 saturated carbocycles. The fourth-order valence-electron chi connectivity index (χ4n) is 2.94. The maximum Gasteiger partial charge on any atom is 0.0879 e. The maximum atomic E-state index is 6.17. The van der Waals surface area contributed by atoms with Gasteiger partial charge in [0.2, 0.25) is 0 Å². The van der Waals surface area contributed by atoms with Crippen LogP contribution in [0, 0.1) is 5.41 Å². The summed E-state index contributed by atoms with van der Waals surface area (Å²) in [6.45, 7) is 10.5. The molecule has 1 atom stereocenters. The van der Waals surface area contributed by atoms with Crippen LogP contribution < -0.4 is 5.32 Å². The lowest BCUT2D eigenvalue weighted by Gasteiger charge is -2.48. The summed E-state index contributed by atoms with van der Waals surface area (Å²) in [6.07, 6.45) is 4.51. The highest BCUT2D eigenvalue weighted by molar-refractivity contribution is 4.99. The topological polar surface area (TPSA) is 30.5 Å². The van der Waals surface area contributed by atoms with Crippen molar-refractivity contribution in [3.63, 3.8) is 0 Å². The zero-order valence-corrected chi connectivity index (χ0v) is 11.6. The van der Waals surface area contributed by atoms with Crippen LogP contribution in [0.3, 0.4) is 0 Å². The highest BCUT2D eigenvalue weighted by atomic mass is 16.5. The van der Waals surface area contributed by atoms with Crippen LogP contribution in [0.4, 0.5) is 0 Å². The van der Waals surface area contributed by atoms with Gasteiger partial charge < -0.3 is 14.8 Å². The third-order valence-electron chi connectivity index (χ3n) is 4.57. The van der Waals surface area contributed by atoms with E-state index in [1.165, 1.54) is 12.8 Å². The predicted octanol–water partition coefficient (Wildman–Crippen LogP) is 2.35. The highest BCUT2D eigenvalue weighted by Crippen LogP contribution is 2.37. The molecule has 0 bridgehead atoms. The molecule has 17 heavy (non-hydrogen) atoms. The van der Waals surface area contributed by atoms with E-state index in [1.54, 1.807) is 0 Å². The molecule has 100 valence electrons. The minimum Gasteiger partial charge on any atom is -0.381 e. The molecule has 2 rings (SSSR count). The quantitative estimate of drug-likeness (QED) is 0.823. The van der Waals surface area contributed by atoms with E-state index >= 15 is 0 Å². The van der Waals surface area contributed by atoms with Gasteiger partial charge in [0.1, 0.15) is 0 Å². The molecule has 0 aliphatic carbocycles. The first-order valence-corrected chi connectivity index (χ1v) is 7.03. The second kappa shape index (κ2) is 5.25. The van der Waals surface area contributed by atoms with Gasteiger partial charge in [0, 0.05) is 38.6 Å². The van der Waals surface area contributed by atoms with Gasteiger partial charge in [0.25, 0.3) is 0 Å². The normalized spacial score (nSPS) is 29.5. The summed E-state index contributed by atoms with van der Waals surface area (Å²) >= 11 is 0. The van der Waals surface area contributed by atoms with Gasteiger partial charge in [-0.25, -0.2) is 0 Å². The molecule has 1 unspecified atom stereocenters. The lowest BCUT2D eigenvalue weighted by Crippen LogP contribution is -2.61. The van der Waals surface area contributed by atoms with Crippen LogP contribution >= 0.6 is 0 Å². The first kappa shape index (κ1) is 13.3. The van der Waals surface area contributed by atoms with Crippen LogP contribution in [-0.2, 0) is 9.47 Å². The van der Waals surface area contributed by atoms with Crippen LogP contribution in [0.1, 0.15) is 46.5 Å². The minimum atomic E-state index is 0.0446. The molecule has 0 radical (unpaired) electrons. The number of rotatable bonds is 3. The fraction of sp³-hybridized carbons (Fsp3) is 1.00. The number of hydrogen-bond acceptors (Lipinski definition) is 3. The van der Waals surface area contributed by atoms with Crippen molar-refractivity contribution in [2.75, 3.05) is 26.4 Å². The molecule has 0 aromatic heterocycles. The Hall–Kier alpha value is -0.120. The highest BCUT2D eigenvalue weighted by Gasteiger charge is 2.44. The molecule has 2 heterocycles. The van der Waals surface area contributed by atoms with Gasteiger partial charge in [-0.1, -0.05) is 27.2 Å². The summed E-state index contributed by atoms with van der Waals surface area (Å²) < 4.78 is 11.7. The van der Waals surface area contributed by atoms with E-state index < -0.39 is 0 Å². The van der Waals surface area contributed by atoms with Crippen LogP contribution in [0.15, 0.2) is 0 Å². The van der Waals surface area contributed by atoms with E-state index in [-0.39, 0.29) is 5.60 Å². The summed E-state index contributed by atoms with van der Waals surface area (Å²) in [5, 5.41) is 3.69. The van der Waals surface area contributed by atoms with Gasteiger partial charge in [0.05, 0.1) is 12.2 Å². The van der Waals surface area contributed by atoms with Gasteiger partial charge in [-0.15, -0.1) is 0 Å². The van der Waals surface area contributed by atoms with E-state index in [9.17, 15) is 0 Å². The summed E-state index contributed by atoms with van der Waals surface area (Å²) in [5.74, 6) is 0. The Morgan fingerprint density at radius 2 is 1.94 bits per heavy atom. The van der Waals surface area contributed by atoms with Crippen molar-refractivity contribution in [1.29, 1.82) is 0 Å². The summed E-state index contributed by atoms with van der Waals surface area (Å²) in [5.41, 5.74) is 0.437. The van der Waals surface area contributed by atoms with Crippen molar-refractivity contribution in [3.05, 3.63) is 0 Å². The van der Waals surface area contributed by atoms with Gasteiger partial charge in [-0.3, -0.25) is 0 Å². The summed E-state index contributed by atoms with van der Waals surface area (Å²) in [6, 6.07) is 0.495. The molecular formula is C14H27NO2.